The van der Waals surface area contributed by atoms with Gasteiger partial charge in [0.2, 0.25) is 5.88 Å². The smallest absolute Gasteiger partial charge is 0.254 e. The van der Waals surface area contributed by atoms with Crippen LogP contribution in [0.15, 0.2) is 18.3 Å². The molecule has 1 amide bonds. The van der Waals surface area contributed by atoms with E-state index in [-0.39, 0.29) is 23.7 Å². The number of Topliss-reactive ketones (excluding diaryl/α,β-unsaturated/α-hetero) is 1. The molecule has 2 aliphatic carbocycles. The zero-order chi connectivity index (χ0) is 17.9. The molecule has 1 atom stereocenters. The van der Waals surface area contributed by atoms with Crippen molar-refractivity contribution >= 4 is 11.7 Å². The van der Waals surface area contributed by atoms with Gasteiger partial charge in [-0.05, 0) is 44.6 Å². The van der Waals surface area contributed by atoms with Crippen LogP contribution in [0.3, 0.4) is 0 Å². The Bertz CT molecular complexity index is 668. The Kier molecular flexibility index (Phi) is 5.20. The van der Waals surface area contributed by atoms with Gasteiger partial charge in [-0.2, -0.15) is 0 Å². The van der Waals surface area contributed by atoms with Gasteiger partial charge in [0.25, 0.3) is 5.91 Å². The largest absolute Gasteiger partial charge is 0.474 e. The molecule has 0 aromatic carbocycles. The third-order valence-electron chi connectivity index (χ3n) is 5.47. The summed E-state index contributed by atoms with van der Waals surface area (Å²) < 4.78 is 11.6. The molecule has 0 bridgehead atoms. The minimum absolute atomic E-state index is 0.0854. The van der Waals surface area contributed by atoms with Crippen molar-refractivity contribution in [3.63, 3.8) is 0 Å². The number of hydrogen-bond donors (Lipinski definition) is 0. The third-order valence-corrected chi connectivity index (χ3v) is 5.47. The van der Waals surface area contributed by atoms with Crippen LogP contribution in [0.2, 0.25) is 0 Å². The predicted molar refractivity (Wildman–Crippen MR) is 95.1 cm³/mol. The van der Waals surface area contributed by atoms with Gasteiger partial charge in [-0.1, -0.05) is 6.42 Å². The fraction of sp³-hybridized carbons (Fsp3) is 0.650. The van der Waals surface area contributed by atoms with Gasteiger partial charge in [0.15, 0.2) is 5.78 Å². The van der Waals surface area contributed by atoms with Gasteiger partial charge in [0.1, 0.15) is 12.2 Å². The summed E-state index contributed by atoms with van der Waals surface area (Å²) >= 11 is 0. The maximum atomic E-state index is 12.9. The second-order valence-electron chi connectivity index (χ2n) is 7.55. The molecular weight excluding hydrogens is 332 g/mol. The van der Waals surface area contributed by atoms with Crippen molar-refractivity contribution in [3.8, 4) is 5.88 Å². The van der Waals surface area contributed by atoms with Crippen molar-refractivity contribution in [1.82, 2.24) is 9.88 Å². The Hall–Kier alpha value is -1.95. The highest BCUT2D eigenvalue weighted by Crippen LogP contribution is 2.32. The lowest BCUT2D eigenvalue weighted by Crippen LogP contribution is -2.49. The van der Waals surface area contributed by atoms with E-state index in [2.05, 4.69) is 4.98 Å². The number of carbonyl (C=O) groups is 2. The highest BCUT2D eigenvalue weighted by atomic mass is 16.5. The molecule has 0 unspecified atom stereocenters. The number of hydrogen-bond acceptors (Lipinski definition) is 5. The molecule has 1 aromatic rings. The van der Waals surface area contributed by atoms with Crippen molar-refractivity contribution in [2.75, 3.05) is 19.7 Å². The lowest BCUT2D eigenvalue weighted by atomic mass is 9.98. The molecule has 26 heavy (non-hydrogen) atoms. The molecule has 6 nitrogen and oxygen atoms in total. The zero-order valence-corrected chi connectivity index (χ0v) is 15.1. The Morgan fingerprint density at radius 1 is 1.15 bits per heavy atom. The fourth-order valence-electron chi connectivity index (χ4n) is 3.78. The molecule has 1 aromatic heterocycles. The molecule has 3 fully saturated rings. The molecule has 0 spiro atoms. The molecule has 1 saturated heterocycles. The van der Waals surface area contributed by atoms with Crippen molar-refractivity contribution in [3.05, 3.63) is 23.9 Å². The molecular formula is C20H26N2O4. The van der Waals surface area contributed by atoms with Crippen molar-refractivity contribution < 1.29 is 19.1 Å². The van der Waals surface area contributed by atoms with Gasteiger partial charge >= 0.3 is 0 Å². The Morgan fingerprint density at radius 3 is 2.73 bits per heavy atom. The number of nitrogens with zero attached hydrogens (tertiary/aromatic N) is 2. The number of ketones is 1. The molecule has 2 heterocycles. The van der Waals surface area contributed by atoms with E-state index in [1.807, 2.05) is 0 Å². The monoisotopic (exact) mass is 358 g/mol. The van der Waals surface area contributed by atoms with E-state index in [4.69, 9.17) is 9.47 Å². The minimum atomic E-state index is -0.472. The number of carbonyl (C=O) groups excluding carboxylic acids is 2. The summed E-state index contributed by atoms with van der Waals surface area (Å²) in [4.78, 5) is 31.1. The highest BCUT2D eigenvalue weighted by Gasteiger charge is 2.38. The topological polar surface area (TPSA) is 68.7 Å². The highest BCUT2D eigenvalue weighted by molar-refractivity contribution is 5.95. The number of ether oxygens (including phenoxy) is 2. The van der Waals surface area contributed by atoms with Crippen LogP contribution in [-0.2, 0) is 9.53 Å². The standard InChI is InChI=1S/C20H26N2O4/c23-19(14-6-7-14)17-13-22(10-11-25-17)20(24)15-8-9-21-18(12-15)26-16-4-2-1-3-5-16/h8-9,12,14,16-17H,1-7,10-11,13H2/t17-/m0/s1. The van der Waals surface area contributed by atoms with Gasteiger partial charge in [-0.25, -0.2) is 4.98 Å². The molecule has 1 aliphatic heterocycles. The van der Waals surface area contributed by atoms with E-state index in [0.717, 1.165) is 25.7 Å². The normalized spacial score (nSPS) is 24.3. The number of aromatic nitrogens is 1. The maximum Gasteiger partial charge on any atom is 0.254 e. The zero-order valence-electron chi connectivity index (χ0n) is 15.1. The molecule has 0 radical (unpaired) electrons. The number of pyridine rings is 1. The molecule has 3 aliphatic rings. The van der Waals surface area contributed by atoms with Crippen LogP contribution in [0.5, 0.6) is 5.88 Å². The summed E-state index contributed by atoms with van der Waals surface area (Å²) in [5.41, 5.74) is 0.560. The van der Waals surface area contributed by atoms with Crippen LogP contribution in [0.4, 0.5) is 0 Å². The van der Waals surface area contributed by atoms with E-state index >= 15 is 0 Å². The van der Waals surface area contributed by atoms with Gasteiger partial charge in [0, 0.05) is 30.3 Å². The second kappa shape index (κ2) is 7.74. The molecule has 4 rings (SSSR count). The van der Waals surface area contributed by atoms with Gasteiger partial charge in [0.05, 0.1) is 13.2 Å². The molecule has 140 valence electrons. The Labute approximate surface area is 153 Å². The van der Waals surface area contributed by atoms with Crippen LogP contribution >= 0.6 is 0 Å². The lowest BCUT2D eigenvalue weighted by Gasteiger charge is -2.32. The minimum Gasteiger partial charge on any atom is -0.474 e. The first-order valence-electron chi connectivity index (χ1n) is 9.78. The van der Waals surface area contributed by atoms with Crippen molar-refractivity contribution in [1.29, 1.82) is 0 Å². The average Bonchev–Trinajstić information content (AvgIpc) is 3.53. The van der Waals surface area contributed by atoms with Crippen molar-refractivity contribution in [2.24, 2.45) is 5.92 Å². The number of morpholine rings is 1. The predicted octanol–water partition coefficient (Wildman–Crippen LogP) is 2.61. The summed E-state index contributed by atoms with van der Waals surface area (Å²) in [6, 6.07) is 3.44. The first kappa shape index (κ1) is 17.5. The summed E-state index contributed by atoms with van der Waals surface area (Å²) in [6.45, 7) is 1.26. The van der Waals surface area contributed by atoms with Crippen LogP contribution < -0.4 is 4.74 Å². The third kappa shape index (κ3) is 4.06. The molecule has 6 heteroatoms. The van der Waals surface area contributed by atoms with Crippen LogP contribution in [0, 0.1) is 5.92 Å². The Balaban J connectivity index is 1.40. The van der Waals surface area contributed by atoms with Crippen LogP contribution in [0.1, 0.15) is 55.3 Å². The maximum absolute atomic E-state index is 12.9. The summed E-state index contributed by atoms with van der Waals surface area (Å²) in [5.74, 6) is 0.726. The van der Waals surface area contributed by atoms with E-state index in [1.165, 1.54) is 19.3 Å². The number of amides is 1. The van der Waals surface area contributed by atoms with E-state index < -0.39 is 6.10 Å². The SMILES string of the molecule is O=C(C1CC1)[C@@H]1CN(C(=O)c2ccnc(OC3CCCCC3)c2)CCO1. The number of rotatable bonds is 5. The van der Waals surface area contributed by atoms with Crippen LogP contribution in [-0.4, -0.2) is 53.5 Å². The fourth-order valence-corrected chi connectivity index (χ4v) is 3.78. The average molecular weight is 358 g/mol. The quantitative estimate of drug-likeness (QED) is 0.809. The van der Waals surface area contributed by atoms with Crippen molar-refractivity contribution in [2.45, 2.75) is 57.2 Å². The van der Waals surface area contributed by atoms with Gasteiger partial charge in [-0.3, -0.25) is 9.59 Å². The first-order chi connectivity index (χ1) is 12.7. The van der Waals surface area contributed by atoms with Gasteiger partial charge < -0.3 is 14.4 Å². The molecule has 2 saturated carbocycles. The van der Waals surface area contributed by atoms with E-state index in [1.54, 1.807) is 23.2 Å². The van der Waals surface area contributed by atoms with E-state index in [0.29, 0.717) is 31.1 Å². The Morgan fingerprint density at radius 2 is 1.96 bits per heavy atom. The van der Waals surface area contributed by atoms with E-state index in [9.17, 15) is 9.59 Å². The first-order valence-corrected chi connectivity index (χ1v) is 9.78. The summed E-state index contributed by atoms with van der Waals surface area (Å²) in [7, 11) is 0. The summed E-state index contributed by atoms with van der Waals surface area (Å²) in [5, 5.41) is 0. The lowest BCUT2D eigenvalue weighted by molar-refractivity contribution is -0.136. The molecule has 0 N–H and O–H groups in total. The summed E-state index contributed by atoms with van der Waals surface area (Å²) in [6.07, 6.45) is 9.01. The van der Waals surface area contributed by atoms with Crippen LogP contribution in [0.25, 0.3) is 0 Å². The second-order valence-corrected chi connectivity index (χ2v) is 7.55. The van der Waals surface area contributed by atoms with Gasteiger partial charge in [-0.15, -0.1) is 0 Å².